The van der Waals surface area contributed by atoms with Crippen LogP contribution in [0.25, 0.3) is 0 Å². The molecule has 2 rings (SSSR count). The molecular weight excluding hydrogens is 405 g/mol. The van der Waals surface area contributed by atoms with Crippen LogP contribution in [0.1, 0.15) is 0 Å². The summed E-state index contributed by atoms with van der Waals surface area (Å²) >= 11 is 12.2. The largest absolute Gasteiger partial charge is 0.397 e. The Bertz CT molecular complexity index is 627. The van der Waals surface area contributed by atoms with E-state index < -0.39 is 11.6 Å². The van der Waals surface area contributed by atoms with Crippen LogP contribution in [0.4, 0.5) is 25.8 Å². The molecule has 0 amide bonds. The van der Waals surface area contributed by atoms with Gasteiger partial charge in [-0.1, -0.05) is 11.6 Å². The van der Waals surface area contributed by atoms with E-state index in [-0.39, 0.29) is 9.50 Å². The number of rotatable bonds is 2. The number of benzene rings is 2. The van der Waals surface area contributed by atoms with Crippen molar-refractivity contribution >= 4 is 60.5 Å². The normalized spacial score (nSPS) is 10.6. The lowest BCUT2D eigenvalue weighted by Crippen LogP contribution is -1.99. The number of nitrogens with two attached hydrogens (primary N) is 1. The Hall–Kier alpha value is -0.850. The monoisotopic (exact) mass is 410 g/mol. The van der Waals surface area contributed by atoms with Crippen LogP contribution >= 0.6 is 43.5 Å². The van der Waals surface area contributed by atoms with Crippen LogP contribution in [0.15, 0.2) is 33.2 Å². The summed E-state index contributed by atoms with van der Waals surface area (Å²) in [4.78, 5) is 0. The lowest BCUT2D eigenvalue weighted by atomic mass is 10.2. The van der Waals surface area contributed by atoms with E-state index in [0.717, 1.165) is 6.07 Å². The molecule has 0 spiro atoms. The Morgan fingerprint density at radius 1 is 1.05 bits per heavy atom. The minimum Gasteiger partial charge on any atom is -0.397 e. The van der Waals surface area contributed by atoms with E-state index in [1.807, 2.05) is 0 Å². The fourth-order valence-electron chi connectivity index (χ4n) is 1.47. The summed E-state index contributed by atoms with van der Waals surface area (Å²) in [5.41, 5.74) is 6.87. The zero-order valence-corrected chi connectivity index (χ0v) is 13.2. The highest BCUT2D eigenvalue weighted by molar-refractivity contribution is 9.10. The minimum atomic E-state index is -0.475. The summed E-state index contributed by atoms with van der Waals surface area (Å²) < 4.78 is 27.3. The maximum absolute atomic E-state index is 13.5. The third-order valence-electron chi connectivity index (χ3n) is 2.36. The summed E-state index contributed by atoms with van der Waals surface area (Å²) in [6.45, 7) is 0. The van der Waals surface area contributed by atoms with E-state index in [1.54, 1.807) is 0 Å². The lowest BCUT2D eigenvalue weighted by molar-refractivity contribution is 0.622. The summed E-state index contributed by atoms with van der Waals surface area (Å²) in [5, 5.41) is 3.03. The lowest BCUT2D eigenvalue weighted by Gasteiger charge is -2.13. The molecule has 0 atom stereocenters. The van der Waals surface area contributed by atoms with Gasteiger partial charge >= 0.3 is 0 Å². The van der Waals surface area contributed by atoms with Gasteiger partial charge in [-0.25, -0.2) is 8.78 Å². The first-order valence-corrected chi connectivity index (χ1v) is 7.01. The molecule has 0 aliphatic heterocycles. The third-order valence-corrected chi connectivity index (χ3v) is 3.89. The number of hydrogen-bond acceptors (Lipinski definition) is 2. The Balaban J connectivity index is 2.45. The van der Waals surface area contributed by atoms with Crippen LogP contribution in [0.5, 0.6) is 0 Å². The number of nitrogens with one attached hydrogen (secondary N) is 1. The van der Waals surface area contributed by atoms with Gasteiger partial charge < -0.3 is 11.1 Å². The molecule has 0 radical (unpaired) electrons. The zero-order chi connectivity index (χ0) is 14.2. The van der Waals surface area contributed by atoms with E-state index in [4.69, 9.17) is 17.3 Å². The number of halogens is 5. The molecule has 2 aromatic carbocycles. The molecule has 0 aliphatic carbocycles. The molecule has 19 heavy (non-hydrogen) atoms. The summed E-state index contributed by atoms with van der Waals surface area (Å²) in [7, 11) is 0. The molecule has 0 bridgehead atoms. The van der Waals surface area contributed by atoms with Crippen molar-refractivity contribution in [3.05, 3.63) is 49.9 Å². The van der Waals surface area contributed by atoms with Crippen molar-refractivity contribution in [2.24, 2.45) is 0 Å². The molecule has 0 fully saturated rings. The Labute approximate surface area is 130 Å². The number of nitrogen functional groups attached to an aromatic ring is 1. The van der Waals surface area contributed by atoms with Crippen molar-refractivity contribution in [3.8, 4) is 0 Å². The highest BCUT2D eigenvalue weighted by Crippen LogP contribution is 2.36. The molecule has 0 unspecified atom stereocenters. The van der Waals surface area contributed by atoms with Gasteiger partial charge in [0.2, 0.25) is 0 Å². The van der Waals surface area contributed by atoms with Crippen LogP contribution in [0.2, 0.25) is 5.02 Å². The molecule has 0 aliphatic rings. The first kappa shape index (κ1) is 14.6. The first-order valence-electron chi connectivity index (χ1n) is 5.04. The fourth-order valence-corrected chi connectivity index (χ4v) is 2.73. The molecule has 0 saturated heterocycles. The Morgan fingerprint density at radius 3 is 2.37 bits per heavy atom. The highest BCUT2D eigenvalue weighted by atomic mass is 79.9. The van der Waals surface area contributed by atoms with Crippen molar-refractivity contribution in [2.45, 2.75) is 0 Å². The SMILES string of the molecule is Nc1cc(Br)c(F)cc1Nc1c(Cl)cc(F)cc1Br. The van der Waals surface area contributed by atoms with Gasteiger partial charge in [-0.2, -0.15) is 0 Å². The molecule has 0 heterocycles. The molecule has 7 heteroatoms. The summed E-state index contributed by atoms with van der Waals surface area (Å²) in [6.07, 6.45) is 0. The highest BCUT2D eigenvalue weighted by Gasteiger charge is 2.12. The van der Waals surface area contributed by atoms with Crippen LogP contribution in [-0.4, -0.2) is 0 Å². The molecule has 0 aromatic heterocycles. The first-order chi connectivity index (χ1) is 8.88. The molecule has 0 saturated carbocycles. The molecule has 3 N–H and O–H groups in total. The van der Waals surface area contributed by atoms with Gasteiger partial charge in [-0.05, 0) is 50.1 Å². The average molecular weight is 412 g/mol. The van der Waals surface area contributed by atoms with E-state index in [0.29, 0.717) is 21.5 Å². The van der Waals surface area contributed by atoms with E-state index in [9.17, 15) is 8.78 Å². The van der Waals surface area contributed by atoms with Crippen molar-refractivity contribution in [1.82, 2.24) is 0 Å². The molecular formula is C12H7Br2ClF2N2. The zero-order valence-electron chi connectivity index (χ0n) is 9.28. The molecule has 100 valence electrons. The van der Waals surface area contributed by atoms with Crippen molar-refractivity contribution in [1.29, 1.82) is 0 Å². The van der Waals surface area contributed by atoms with E-state index in [2.05, 4.69) is 37.2 Å². The second kappa shape index (κ2) is 5.64. The maximum atomic E-state index is 13.5. The van der Waals surface area contributed by atoms with Gasteiger partial charge in [0.25, 0.3) is 0 Å². The second-order valence-corrected chi connectivity index (χ2v) is 5.84. The van der Waals surface area contributed by atoms with Gasteiger partial charge in [0.15, 0.2) is 0 Å². The van der Waals surface area contributed by atoms with Gasteiger partial charge in [0.1, 0.15) is 11.6 Å². The van der Waals surface area contributed by atoms with Crippen molar-refractivity contribution in [2.75, 3.05) is 11.1 Å². The minimum absolute atomic E-state index is 0.162. The topological polar surface area (TPSA) is 38.0 Å². The predicted octanol–water partition coefficient (Wildman–Crippen LogP) is 5.47. The quantitative estimate of drug-likeness (QED) is 0.642. The van der Waals surface area contributed by atoms with E-state index in [1.165, 1.54) is 18.2 Å². The third kappa shape index (κ3) is 3.19. The standard InChI is InChI=1S/C12H7Br2ClF2N2/c13-6-3-10(18)11(4-9(6)17)19-12-7(14)1-5(16)2-8(12)15/h1-4,19H,18H2. The average Bonchev–Trinajstić information content (AvgIpc) is 2.29. The van der Waals surface area contributed by atoms with Crippen LogP contribution < -0.4 is 11.1 Å². The van der Waals surface area contributed by atoms with Gasteiger partial charge in [-0.3, -0.25) is 0 Å². The van der Waals surface area contributed by atoms with Gasteiger partial charge in [-0.15, -0.1) is 0 Å². The molecule has 2 nitrogen and oxygen atoms in total. The van der Waals surface area contributed by atoms with Crippen molar-refractivity contribution < 1.29 is 8.78 Å². The van der Waals surface area contributed by atoms with Crippen LogP contribution in [-0.2, 0) is 0 Å². The number of hydrogen-bond donors (Lipinski definition) is 2. The van der Waals surface area contributed by atoms with E-state index >= 15 is 0 Å². The fraction of sp³-hybridized carbons (Fsp3) is 0. The van der Waals surface area contributed by atoms with Crippen molar-refractivity contribution in [3.63, 3.8) is 0 Å². The predicted molar refractivity (Wildman–Crippen MR) is 80.9 cm³/mol. The second-order valence-electron chi connectivity index (χ2n) is 3.72. The molecule has 2 aromatic rings. The smallest absolute Gasteiger partial charge is 0.139 e. The van der Waals surface area contributed by atoms with Gasteiger partial charge in [0, 0.05) is 10.5 Å². The number of anilines is 3. The summed E-state index contributed by atoms with van der Waals surface area (Å²) in [5.74, 6) is -0.941. The Morgan fingerprint density at radius 2 is 1.74 bits per heavy atom. The summed E-state index contributed by atoms with van der Waals surface area (Å²) in [6, 6.07) is 5.06. The van der Waals surface area contributed by atoms with Crippen LogP contribution in [0, 0.1) is 11.6 Å². The maximum Gasteiger partial charge on any atom is 0.139 e. The van der Waals surface area contributed by atoms with Crippen LogP contribution in [0.3, 0.4) is 0 Å². The van der Waals surface area contributed by atoms with Gasteiger partial charge in [0.05, 0.1) is 26.6 Å². The Kier molecular flexibility index (Phi) is 4.32.